The zero-order chi connectivity index (χ0) is 8.53. The van der Waals surface area contributed by atoms with E-state index in [-0.39, 0.29) is 5.97 Å². The van der Waals surface area contributed by atoms with Gasteiger partial charge in [0.2, 0.25) is 0 Å². The smallest absolute Gasteiger partial charge is 0.330 e. The fraction of sp³-hybridized carbons (Fsp3) is 0.444. The monoisotopic (exact) mass is 154 g/mol. The minimum absolute atomic E-state index is 0.273. The quantitative estimate of drug-likeness (QED) is 0.352. The van der Waals surface area contributed by atoms with Gasteiger partial charge in [-0.25, -0.2) is 4.79 Å². The first-order valence-electron chi connectivity index (χ1n) is 3.77. The van der Waals surface area contributed by atoms with Crippen LogP contribution in [-0.4, -0.2) is 12.6 Å². The van der Waals surface area contributed by atoms with Crippen LogP contribution in [0.1, 0.15) is 20.3 Å². The van der Waals surface area contributed by atoms with Gasteiger partial charge in [0.1, 0.15) is 0 Å². The molecule has 0 aromatic rings. The second-order valence-electron chi connectivity index (χ2n) is 2.05. The number of ether oxygens (including phenoxy) is 1. The van der Waals surface area contributed by atoms with Crippen molar-refractivity contribution in [3.05, 3.63) is 24.3 Å². The molecule has 0 bridgehead atoms. The van der Waals surface area contributed by atoms with Crippen LogP contribution in [0, 0.1) is 0 Å². The molecule has 0 heterocycles. The van der Waals surface area contributed by atoms with Crippen molar-refractivity contribution in [1.82, 2.24) is 0 Å². The van der Waals surface area contributed by atoms with Gasteiger partial charge in [-0.15, -0.1) is 0 Å². The zero-order valence-corrected chi connectivity index (χ0v) is 7.04. The van der Waals surface area contributed by atoms with Crippen LogP contribution in [0.15, 0.2) is 24.3 Å². The van der Waals surface area contributed by atoms with Crippen molar-refractivity contribution in [2.75, 3.05) is 6.61 Å². The van der Waals surface area contributed by atoms with Crippen LogP contribution in [-0.2, 0) is 9.53 Å². The molecule has 0 aliphatic rings. The number of carbonyl (C=O) groups is 1. The van der Waals surface area contributed by atoms with Crippen LogP contribution in [0.5, 0.6) is 0 Å². The SMILES string of the molecule is C/C=C\C=C\C(=O)OCCC. The third-order valence-electron chi connectivity index (χ3n) is 0.984. The van der Waals surface area contributed by atoms with Crippen molar-refractivity contribution in [3.8, 4) is 0 Å². The van der Waals surface area contributed by atoms with E-state index >= 15 is 0 Å². The number of hydrogen-bond acceptors (Lipinski definition) is 2. The van der Waals surface area contributed by atoms with Gasteiger partial charge in [0.05, 0.1) is 6.61 Å². The largest absolute Gasteiger partial charge is 0.463 e. The van der Waals surface area contributed by atoms with Gasteiger partial charge in [0.15, 0.2) is 0 Å². The molecule has 2 nitrogen and oxygen atoms in total. The molecule has 0 atom stereocenters. The van der Waals surface area contributed by atoms with E-state index in [0.29, 0.717) is 6.61 Å². The average Bonchev–Trinajstić information content (AvgIpc) is 2.01. The van der Waals surface area contributed by atoms with E-state index in [1.54, 1.807) is 12.2 Å². The summed E-state index contributed by atoms with van der Waals surface area (Å²) in [5.74, 6) is -0.273. The molecule has 0 aliphatic carbocycles. The Bertz CT molecular complexity index is 157. The van der Waals surface area contributed by atoms with Crippen LogP contribution in [0.3, 0.4) is 0 Å². The molecule has 0 rings (SSSR count). The molecule has 0 N–H and O–H groups in total. The van der Waals surface area contributed by atoms with Gasteiger partial charge in [0.25, 0.3) is 0 Å². The normalized spacial score (nSPS) is 11.1. The summed E-state index contributed by atoms with van der Waals surface area (Å²) in [5.41, 5.74) is 0. The lowest BCUT2D eigenvalue weighted by Gasteiger charge is -1.95. The minimum Gasteiger partial charge on any atom is -0.463 e. The van der Waals surface area contributed by atoms with Crippen molar-refractivity contribution in [2.24, 2.45) is 0 Å². The lowest BCUT2D eigenvalue weighted by molar-refractivity contribution is -0.137. The molecule has 0 saturated carbocycles. The summed E-state index contributed by atoms with van der Waals surface area (Å²) in [6.07, 6.45) is 7.58. The van der Waals surface area contributed by atoms with Gasteiger partial charge < -0.3 is 4.74 Å². The van der Waals surface area contributed by atoms with E-state index in [0.717, 1.165) is 6.42 Å². The van der Waals surface area contributed by atoms with Crippen molar-refractivity contribution in [3.63, 3.8) is 0 Å². The summed E-state index contributed by atoms with van der Waals surface area (Å²) in [7, 11) is 0. The third-order valence-corrected chi connectivity index (χ3v) is 0.984. The van der Waals surface area contributed by atoms with E-state index in [2.05, 4.69) is 0 Å². The van der Waals surface area contributed by atoms with E-state index < -0.39 is 0 Å². The Kier molecular flexibility index (Phi) is 6.39. The van der Waals surface area contributed by atoms with Gasteiger partial charge in [-0.3, -0.25) is 0 Å². The van der Waals surface area contributed by atoms with Crippen LogP contribution < -0.4 is 0 Å². The Morgan fingerprint density at radius 1 is 1.45 bits per heavy atom. The molecule has 0 aromatic carbocycles. The van der Waals surface area contributed by atoms with Crippen LogP contribution in [0.25, 0.3) is 0 Å². The molecule has 0 spiro atoms. The molecule has 0 radical (unpaired) electrons. The van der Waals surface area contributed by atoms with E-state index in [4.69, 9.17) is 4.74 Å². The van der Waals surface area contributed by atoms with E-state index in [9.17, 15) is 4.79 Å². The first-order valence-corrected chi connectivity index (χ1v) is 3.77. The van der Waals surface area contributed by atoms with Crippen molar-refractivity contribution < 1.29 is 9.53 Å². The topological polar surface area (TPSA) is 26.3 Å². The standard InChI is InChI=1S/C9H14O2/c1-3-5-6-7-9(10)11-8-4-2/h3,5-7H,4,8H2,1-2H3/b5-3-,7-6+. The molecule has 62 valence electrons. The molecular formula is C9H14O2. The predicted molar refractivity (Wildman–Crippen MR) is 45.2 cm³/mol. The first-order chi connectivity index (χ1) is 5.31. The molecule has 2 heteroatoms. The lowest BCUT2D eigenvalue weighted by Crippen LogP contribution is -2.00. The minimum atomic E-state index is -0.273. The second kappa shape index (κ2) is 7.06. The van der Waals surface area contributed by atoms with Gasteiger partial charge in [-0.1, -0.05) is 25.2 Å². The summed E-state index contributed by atoms with van der Waals surface area (Å²) in [4.78, 5) is 10.7. The molecule has 11 heavy (non-hydrogen) atoms. The highest BCUT2D eigenvalue weighted by atomic mass is 16.5. The predicted octanol–water partition coefficient (Wildman–Crippen LogP) is 2.07. The number of hydrogen-bond donors (Lipinski definition) is 0. The third kappa shape index (κ3) is 6.84. The first kappa shape index (κ1) is 9.95. The molecule has 0 aromatic heterocycles. The van der Waals surface area contributed by atoms with Crippen LogP contribution in [0.4, 0.5) is 0 Å². The number of carbonyl (C=O) groups excluding carboxylic acids is 1. The Balaban J connectivity index is 3.51. The molecule has 0 fully saturated rings. The molecule has 0 saturated heterocycles. The highest BCUT2D eigenvalue weighted by Crippen LogP contribution is 1.85. The van der Waals surface area contributed by atoms with Gasteiger partial charge >= 0.3 is 5.97 Å². The van der Waals surface area contributed by atoms with Gasteiger partial charge in [-0.05, 0) is 13.3 Å². The van der Waals surface area contributed by atoms with Crippen molar-refractivity contribution in [2.45, 2.75) is 20.3 Å². The Morgan fingerprint density at radius 2 is 2.18 bits per heavy atom. The molecule has 0 aliphatic heterocycles. The van der Waals surface area contributed by atoms with Crippen molar-refractivity contribution >= 4 is 5.97 Å². The van der Waals surface area contributed by atoms with Gasteiger partial charge in [0, 0.05) is 6.08 Å². The fourth-order valence-electron chi connectivity index (χ4n) is 0.496. The zero-order valence-electron chi connectivity index (χ0n) is 7.04. The fourth-order valence-corrected chi connectivity index (χ4v) is 0.496. The number of rotatable bonds is 4. The summed E-state index contributed by atoms with van der Waals surface area (Å²) < 4.78 is 4.78. The maximum absolute atomic E-state index is 10.7. The average molecular weight is 154 g/mol. The van der Waals surface area contributed by atoms with Gasteiger partial charge in [-0.2, -0.15) is 0 Å². The second-order valence-corrected chi connectivity index (χ2v) is 2.05. The number of esters is 1. The molecule has 0 amide bonds. The highest BCUT2D eigenvalue weighted by molar-refractivity contribution is 5.82. The summed E-state index contributed by atoms with van der Waals surface area (Å²) >= 11 is 0. The van der Waals surface area contributed by atoms with Crippen LogP contribution in [0.2, 0.25) is 0 Å². The maximum atomic E-state index is 10.7. The van der Waals surface area contributed by atoms with Crippen molar-refractivity contribution in [1.29, 1.82) is 0 Å². The van der Waals surface area contributed by atoms with Crippen LogP contribution >= 0.6 is 0 Å². The Labute approximate surface area is 67.6 Å². The molecule has 0 unspecified atom stereocenters. The summed E-state index contributed by atoms with van der Waals surface area (Å²) in [6, 6.07) is 0. The summed E-state index contributed by atoms with van der Waals surface area (Å²) in [5, 5.41) is 0. The lowest BCUT2D eigenvalue weighted by atomic mass is 10.4. The number of allylic oxidation sites excluding steroid dienone is 3. The van der Waals surface area contributed by atoms with E-state index in [1.165, 1.54) is 6.08 Å². The Hall–Kier alpha value is -1.05. The molecular weight excluding hydrogens is 140 g/mol. The summed E-state index contributed by atoms with van der Waals surface area (Å²) in [6.45, 7) is 4.35. The Morgan fingerprint density at radius 3 is 2.73 bits per heavy atom. The maximum Gasteiger partial charge on any atom is 0.330 e. The highest BCUT2D eigenvalue weighted by Gasteiger charge is 1.91. The van der Waals surface area contributed by atoms with E-state index in [1.807, 2.05) is 19.9 Å².